The van der Waals surface area contributed by atoms with Crippen molar-refractivity contribution in [3.63, 3.8) is 0 Å². The van der Waals surface area contributed by atoms with E-state index in [-0.39, 0.29) is 30.2 Å². The first-order valence-electron chi connectivity index (χ1n) is 14.4. The van der Waals surface area contributed by atoms with E-state index in [0.29, 0.717) is 26.1 Å². The number of hydrogen-bond donors (Lipinski definition) is 1. The van der Waals surface area contributed by atoms with Crippen molar-refractivity contribution in [2.24, 2.45) is 17.8 Å². The van der Waals surface area contributed by atoms with Gasteiger partial charge in [0.1, 0.15) is 11.6 Å². The molecule has 6 atom stereocenters. The molecule has 0 bridgehead atoms. The van der Waals surface area contributed by atoms with Crippen LogP contribution in [-0.4, -0.2) is 82.2 Å². The van der Waals surface area contributed by atoms with Crippen LogP contribution in [0.3, 0.4) is 0 Å². The number of hydrogen-bond acceptors (Lipinski definition) is 5. The fourth-order valence-corrected chi connectivity index (χ4v) is 7.11. The first-order chi connectivity index (χ1) is 18.8. The molecule has 3 amide bonds. The van der Waals surface area contributed by atoms with Gasteiger partial charge in [-0.15, -0.1) is 0 Å². The van der Waals surface area contributed by atoms with Crippen molar-refractivity contribution in [1.82, 2.24) is 9.80 Å². The van der Waals surface area contributed by atoms with Crippen molar-refractivity contribution in [3.8, 4) is 0 Å². The standard InChI is InChI=1S/C31H41N3O5/c1-5-7-17-32-18-12-16-31-25(28(37)34(26(31)29(32)38)23(20-35)21(3)4)24-27(36)33(22-13-9-8-10-14-22)19-11-15-30(24,6-2)39-31/h8-16,21,23-26,35H,5-7,17-20H2,1-4H3/t23-,24+,25-,26?,30-,31-/m0/s1. The number of amides is 3. The number of aliphatic hydroxyl groups is 1. The molecule has 0 saturated carbocycles. The topological polar surface area (TPSA) is 90.4 Å². The molecule has 4 aliphatic rings. The molecule has 5 rings (SSSR count). The van der Waals surface area contributed by atoms with Crippen LogP contribution in [0.2, 0.25) is 0 Å². The SMILES string of the molecule is CCCCN1CC=C[C@]23O[C@@]4(CC)C=CCN(c5ccccc5)C(=O)[C@H]4[C@H]2C(=O)N([C@@H](CO)C(C)C)C3C1=O. The maximum Gasteiger partial charge on any atom is 0.249 e. The van der Waals surface area contributed by atoms with Gasteiger partial charge in [0, 0.05) is 25.3 Å². The van der Waals surface area contributed by atoms with Crippen LogP contribution in [0.15, 0.2) is 54.6 Å². The summed E-state index contributed by atoms with van der Waals surface area (Å²) in [6.45, 7) is 9.02. The number of aliphatic hydroxyl groups excluding tert-OH is 1. The molecule has 4 heterocycles. The van der Waals surface area contributed by atoms with E-state index in [1.165, 1.54) is 0 Å². The summed E-state index contributed by atoms with van der Waals surface area (Å²) in [5.74, 6) is -2.44. The number of benzene rings is 1. The molecule has 2 saturated heterocycles. The molecule has 8 nitrogen and oxygen atoms in total. The highest BCUT2D eigenvalue weighted by Crippen LogP contribution is 2.59. The molecule has 4 aliphatic heterocycles. The lowest BCUT2D eigenvalue weighted by atomic mass is 9.73. The summed E-state index contributed by atoms with van der Waals surface area (Å²) in [7, 11) is 0. The molecule has 0 aliphatic carbocycles. The Morgan fingerprint density at radius 2 is 1.69 bits per heavy atom. The van der Waals surface area contributed by atoms with Gasteiger partial charge in [-0.25, -0.2) is 0 Å². The van der Waals surface area contributed by atoms with E-state index >= 15 is 0 Å². The van der Waals surface area contributed by atoms with Gasteiger partial charge in [-0.2, -0.15) is 0 Å². The van der Waals surface area contributed by atoms with Crippen LogP contribution < -0.4 is 4.90 Å². The lowest BCUT2D eigenvalue weighted by Gasteiger charge is -2.41. The van der Waals surface area contributed by atoms with Crippen LogP contribution in [0.5, 0.6) is 0 Å². The molecule has 2 fully saturated rings. The fraction of sp³-hybridized carbons (Fsp3) is 0.581. The van der Waals surface area contributed by atoms with E-state index in [0.717, 1.165) is 18.5 Å². The van der Waals surface area contributed by atoms with Crippen molar-refractivity contribution < 1.29 is 24.2 Å². The van der Waals surface area contributed by atoms with Gasteiger partial charge in [-0.1, -0.05) is 76.6 Å². The zero-order valence-electron chi connectivity index (χ0n) is 23.5. The highest BCUT2D eigenvalue weighted by molar-refractivity contribution is 6.04. The zero-order valence-corrected chi connectivity index (χ0v) is 23.5. The van der Waals surface area contributed by atoms with Crippen LogP contribution in [0.1, 0.15) is 47.0 Å². The summed E-state index contributed by atoms with van der Waals surface area (Å²) < 4.78 is 7.02. The Hall–Kier alpha value is -2.97. The molecule has 0 radical (unpaired) electrons. The third-order valence-corrected chi connectivity index (χ3v) is 9.12. The van der Waals surface area contributed by atoms with Gasteiger partial charge in [0.2, 0.25) is 17.7 Å². The summed E-state index contributed by atoms with van der Waals surface area (Å²) in [6, 6.07) is 7.94. The number of ether oxygens (including phenoxy) is 1. The van der Waals surface area contributed by atoms with Gasteiger partial charge in [0.15, 0.2) is 0 Å². The second kappa shape index (κ2) is 10.5. The number of rotatable bonds is 8. The molecule has 0 aromatic heterocycles. The number of fused-ring (bicyclic) bond motifs is 2. The first-order valence-corrected chi connectivity index (χ1v) is 14.4. The summed E-state index contributed by atoms with van der Waals surface area (Å²) in [6.07, 6.45) is 9.98. The van der Waals surface area contributed by atoms with E-state index in [2.05, 4.69) is 6.92 Å². The average molecular weight is 536 g/mol. The average Bonchev–Trinajstić information content (AvgIpc) is 3.22. The van der Waals surface area contributed by atoms with Crippen molar-refractivity contribution in [2.75, 3.05) is 31.1 Å². The Morgan fingerprint density at radius 3 is 2.33 bits per heavy atom. The van der Waals surface area contributed by atoms with Crippen molar-refractivity contribution in [1.29, 1.82) is 0 Å². The van der Waals surface area contributed by atoms with Crippen molar-refractivity contribution >= 4 is 23.4 Å². The predicted octanol–water partition coefficient (Wildman–Crippen LogP) is 3.17. The highest BCUT2D eigenvalue weighted by Gasteiger charge is 2.76. The van der Waals surface area contributed by atoms with Crippen LogP contribution in [0, 0.1) is 17.8 Å². The lowest BCUT2D eigenvalue weighted by Crippen LogP contribution is -2.59. The van der Waals surface area contributed by atoms with E-state index < -0.39 is 35.1 Å². The van der Waals surface area contributed by atoms with Crippen LogP contribution >= 0.6 is 0 Å². The van der Waals surface area contributed by atoms with Crippen LogP contribution in [-0.2, 0) is 19.1 Å². The van der Waals surface area contributed by atoms with Crippen molar-refractivity contribution in [3.05, 3.63) is 54.6 Å². The molecule has 210 valence electrons. The number of carbonyl (C=O) groups excluding carboxylic acids is 3. The van der Waals surface area contributed by atoms with Crippen molar-refractivity contribution in [2.45, 2.75) is 70.2 Å². The fourth-order valence-electron chi connectivity index (χ4n) is 7.11. The van der Waals surface area contributed by atoms with E-state index in [4.69, 9.17) is 4.74 Å². The summed E-state index contributed by atoms with van der Waals surface area (Å²) in [5.41, 5.74) is -1.58. The molecular formula is C31H41N3O5. The predicted molar refractivity (Wildman–Crippen MR) is 149 cm³/mol. The van der Waals surface area contributed by atoms with Crippen LogP contribution in [0.4, 0.5) is 5.69 Å². The Labute approximate surface area is 231 Å². The summed E-state index contributed by atoms with van der Waals surface area (Å²) >= 11 is 0. The molecule has 1 aromatic carbocycles. The van der Waals surface area contributed by atoms with Gasteiger partial charge in [-0.05, 0) is 30.9 Å². The lowest BCUT2D eigenvalue weighted by molar-refractivity contribution is -0.156. The molecule has 1 N–H and O–H groups in total. The van der Waals surface area contributed by atoms with E-state index in [1.807, 2.05) is 75.4 Å². The Kier molecular flexibility index (Phi) is 7.46. The third-order valence-electron chi connectivity index (χ3n) is 9.12. The molecule has 1 spiro atoms. The maximum atomic E-state index is 14.6. The minimum atomic E-state index is -1.31. The van der Waals surface area contributed by atoms with E-state index in [9.17, 15) is 19.5 Å². The van der Waals surface area contributed by atoms with Gasteiger partial charge in [0.05, 0.1) is 30.1 Å². The molecule has 1 unspecified atom stereocenters. The number of likely N-dealkylation sites (tertiary alicyclic amines) is 1. The Bertz CT molecular complexity index is 1170. The Balaban J connectivity index is 1.68. The van der Waals surface area contributed by atoms with Crippen LogP contribution in [0.25, 0.3) is 0 Å². The third kappa shape index (κ3) is 4.14. The normalized spacial score (nSPS) is 32.8. The van der Waals surface area contributed by atoms with Gasteiger partial charge in [0.25, 0.3) is 0 Å². The van der Waals surface area contributed by atoms with E-state index in [1.54, 1.807) is 14.7 Å². The number of anilines is 1. The zero-order chi connectivity index (χ0) is 27.9. The number of para-hydroxylation sites is 1. The Morgan fingerprint density at radius 1 is 0.974 bits per heavy atom. The molecule has 1 aromatic rings. The number of unbranched alkanes of at least 4 members (excludes halogenated alkanes) is 1. The second-order valence-corrected chi connectivity index (χ2v) is 11.6. The molecule has 8 heteroatoms. The number of carbonyl (C=O) groups is 3. The molecular weight excluding hydrogens is 494 g/mol. The smallest absolute Gasteiger partial charge is 0.249 e. The minimum absolute atomic E-state index is 0.0968. The van der Waals surface area contributed by atoms with Gasteiger partial charge in [-0.3, -0.25) is 14.4 Å². The second-order valence-electron chi connectivity index (χ2n) is 11.6. The number of nitrogens with zero attached hydrogens (tertiary/aromatic N) is 3. The largest absolute Gasteiger partial charge is 0.394 e. The quantitative estimate of drug-likeness (QED) is 0.517. The van der Waals surface area contributed by atoms with Gasteiger partial charge < -0.3 is 24.5 Å². The van der Waals surface area contributed by atoms with Gasteiger partial charge >= 0.3 is 0 Å². The minimum Gasteiger partial charge on any atom is -0.394 e. The molecule has 39 heavy (non-hydrogen) atoms. The first kappa shape index (κ1) is 27.6. The monoisotopic (exact) mass is 535 g/mol. The highest BCUT2D eigenvalue weighted by atomic mass is 16.5. The summed E-state index contributed by atoms with van der Waals surface area (Å²) in [5, 5.41) is 10.4. The maximum absolute atomic E-state index is 14.6. The summed E-state index contributed by atoms with van der Waals surface area (Å²) in [4.78, 5) is 48.4.